The highest BCUT2D eigenvalue weighted by Crippen LogP contribution is 2.25. The van der Waals surface area contributed by atoms with Gasteiger partial charge >= 0.3 is 0 Å². The number of anilines is 1. The molecule has 3 aromatic rings. The summed E-state index contributed by atoms with van der Waals surface area (Å²) >= 11 is 0. The number of aliphatic hydroxyl groups is 1. The number of likely N-dealkylation sites (tertiary alicyclic amines) is 1. The van der Waals surface area contributed by atoms with Crippen LogP contribution in [0.1, 0.15) is 38.9 Å². The molecule has 0 saturated carbocycles. The Kier molecular flexibility index (Phi) is 7.47. The maximum absolute atomic E-state index is 12.8. The number of nitrogens with zero attached hydrogens (tertiary/aromatic N) is 5. The standard InChI is InChI=1S/C24H35N7O3/c1-15(2)21(30-12-9-17(32)14-30)24(33)26-11-6-5-10-25-22-23-29-28-16(3)31(23)20-8-7-18(34-4)13-19(20)27-22/h7-8,13,15,17,21,32H,5-6,9-12,14H2,1-4H3,(H,25,27)(H,26,33). The van der Waals surface area contributed by atoms with E-state index >= 15 is 0 Å². The van der Waals surface area contributed by atoms with Crippen molar-refractivity contribution < 1.29 is 14.6 Å². The Labute approximate surface area is 199 Å². The number of rotatable bonds is 10. The summed E-state index contributed by atoms with van der Waals surface area (Å²) in [5.74, 6) is 2.46. The van der Waals surface area contributed by atoms with Crippen molar-refractivity contribution in [1.29, 1.82) is 0 Å². The number of aromatic nitrogens is 4. The normalized spacial score (nSPS) is 17.5. The fourth-order valence-corrected chi connectivity index (χ4v) is 4.69. The molecule has 34 heavy (non-hydrogen) atoms. The van der Waals surface area contributed by atoms with Crippen LogP contribution in [0.25, 0.3) is 16.7 Å². The summed E-state index contributed by atoms with van der Waals surface area (Å²) in [6.07, 6.45) is 2.11. The number of carbonyl (C=O) groups is 1. The van der Waals surface area contributed by atoms with E-state index < -0.39 is 0 Å². The first-order chi connectivity index (χ1) is 16.4. The van der Waals surface area contributed by atoms with Crippen molar-refractivity contribution in [3.63, 3.8) is 0 Å². The van der Waals surface area contributed by atoms with Gasteiger partial charge in [-0.05, 0) is 44.2 Å². The molecule has 1 aliphatic heterocycles. The number of unbranched alkanes of at least 4 members (excludes halogenated alkanes) is 1. The molecule has 10 nitrogen and oxygen atoms in total. The van der Waals surface area contributed by atoms with Crippen molar-refractivity contribution in [2.24, 2.45) is 5.92 Å². The molecule has 184 valence electrons. The van der Waals surface area contributed by atoms with Gasteiger partial charge in [-0.2, -0.15) is 0 Å². The molecule has 1 aromatic carbocycles. The summed E-state index contributed by atoms with van der Waals surface area (Å²) in [6, 6.07) is 5.57. The second-order valence-corrected chi connectivity index (χ2v) is 9.27. The number of nitrogens with one attached hydrogen (secondary N) is 2. The predicted molar refractivity (Wildman–Crippen MR) is 131 cm³/mol. The van der Waals surface area contributed by atoms with Crippen LogP contribution in [0, 0.1) is 12.8 Å². The first-order valence-electron chi connectivity index (χ1n) is 12.0. The highest BCUT2D eigenvalue weighted by molar-refractivity contribution is 5.84. The Balaban J connectivity index is 1.32. The van der Waals surface area contributed by atoms with Crippen LogP contribution >= 0.6 is 0 Å². The number of aryl methyl sites for hydroxylation is 1. The van der Waals surface area contributed by atoms with E-state index in [-0.39, 0.29) is 24.0 Å². The van der Waals surface area contributed by atoms with Crippen LogP contribution in [-0.4, -0.2) is 80.9 Å². The van der Waals surface area contributed by atoms with Gasteiger partial charge in [0.1, 0.15) is 11.6 Å². The maximum Gasteiger partial charge on any atom is 0.237 e. The van der Waals surface area contributed by atoms with Gasteiger partial charge in [0.2, 0.25) is 11.6 Å². The van der Waals surface area contributed by atoms with Crippen LogP contribution in [0.15, 0.2) is 18.2 Å². The number of methoxy groups -OCH3 is 1. The first kappa shape index (κ1) is 24.2. The van der Waals surface area contributed by atoms with Gasteiger partial charge in [0, 0.05) is 32.2 Å². The molecule has 2 unspecified atom stereocenters. The summed E-state index contributed by atoms with van der Waals surface area (Å²) in [7, 11) is 1.64. The van der Waals surface area contributed by atoms with Gasteiger partial charge in [0.15, 0.2) is 5.82 Å². The van der Waals surface area contributed by atoms with Crippen LogP contribution in [-0.2, 0) is 4.79 Å². The van der Waals surface area contributed by atoms with Gasteiger partial charge in [-0.15, -0.1) is 10.2 Å². The highest BCUT2D eigenvalue weighted by atomic mass is 16.5. The molecule has 2 atom stereocenters. The largest absolute Gasteiger partial charge is 0.497 e. The topological polar surface area (TPSA) is 117 Å². The number of β-amino-alcohol motifs (C(OH)–C–C–N with tert-alkyl or cyclic N) is 1. The fraction of sp³-hybridized carbons (Fsp3) is 0.583. The number of hydrogen-bond donors (Lipinski definition) is 3. The minimum atomic E-state index is -0.328. The van der Waals surface area contributed by atoms with E-state index in [0.717, 1.165) is 48.4 Å². The maximum atomic E-state index is 12.8. The molecule has 1 amide bonds. The molecule has 2 aromatic heterocycles. The molecule has 0 spiro atoms. The summed E-state index contributed by atoms with van der Waals surface area (Å²) in [4.78, 5) is 19.6. The molecule has 4 rings (SSSR count). The lowest BCUT2D eigenvalue weighted by Crippen LogP contribution is -2.49. The number of hydrogen-bond acceptors (Lipinski definition) is 8. The zero-order chi connectivity index (χ0) is 24.2. The quantitative estimate of drug-likeness (QED) is 0.386. The number of amides is 1. The average Bonchev–Trinajstić information content (AvgIpc) is 3.41. The Morgan fingerprint density at radius 3 is 2.76 bits per heavy atom. The number of aliphatic hydroxyl groups excluding tert-OH is 1. The van der Waals surface area contributed by atoms with Gasteiger partial charge in [0.25, 0.3) is 0 Å². The summed E-state index contributed by atoms with van der Waals surface area (Å²) in [5.41, 5.74) is 2.42. The smallest absolute Gasteiger partial charge is 0.237 e. The van der Waals surface area contributed by atoms with Crippen LogP contribution in [0.3, 0.4) is 0 Å². The molecule has 3 N–H and O–H groups in total. The van der Waals surface area contributed by atoms with Crippen LogP contribution in [0.2, 0.25) is 0 Å². The second-order valence-electron chi connectivity index (χ2n) is 9.27. The van der Waals surface area contributed by atoms with Gasteiger partial charge in [-0.1, -0.05) is 13.8 Å². The lowest BCUT2D eigenvalue weighted by Gasteiger charge is -2.29. The molecule has 0 radical (unpaired) electrons. The second kappa shape index (κ2) is 10.5. The lowest BCUT2D eigenvalue weighted by atomic mass is 10.0. The van der Waals surface area contributed by atoms with Crippen molar-refractivity contribution in [3.05, 3.63) is 24.0 Å². The minimum Gasteiger partial charge on any atom is -0.497 e. The Morgan fingerprint density at radius 2 is 2.06 bits per heavy atom. The highest BCUT2D eigenvalue weighted by Gasteiger charge is 2.33. The number of benzene rings is 1. The molecule has 0 bridgehead atoms. The predicted octanol–water partition coefficient (Wildman–Crippen LogP) is 1.99. The Bertz CT molecular complexity index is 1150. The Hall–Kier alpha value is -2.98. The third kappa shape index (κ3) is 5.07. The van der Waals surface area contributed by atoms with Gasteiger partial charge < -0.3 is 20.5 Å². The molecule has 10 heteroatoms. The summed E-state index contributed by atoms with van der Waals surface area (Å²) in [6.45, 7) is 8.68. The third-order valence-electron chi connectivity index (χ3n) is 6.38. The van der Waals surface area contributed by atoms with Crippen LogP contribution < -0.4 is 15.4 Å². The zero-order valence-corrected chi connectivity index (χ0v) is 20.4. The van der Waals surface area contributed by atoms with Crippen molar-refractivity contribution in [2.75, 3.05) is 38.6 Å². The van der Waals surface area contributed by atoms with Crippen molar-refractivity contribution >= 4 is 28.4 Å². The van der Waals surface area contributed by atoms with Crippen molar-refractivity contribution in [3.8, 4) is 5.75 Å². The number of carbonyl (C=O) groups excluding carboxylic acids is 1. The van der Waals surface area contributed by atoms with E-state index in [1.807, 2.05) is 29.5 Å². The SMILES string of the molecule is COc1ccc2c(c1)nc(NCCCCNC(=O)C(C(C)C)N1CCC(O)C1)c1nnc(C)n12. The van der Waals surface area contributed by atoms with Gasteiger partial charge in [-0.3, -0.25) is 14.1 Å². The van der Waals surface area contributed by atoms with E-state index in [0.29, 0.717) is 31.1 Å². The van der Waals surface area contributed by atoms with E-state index in [2.05, 4.69) is 39.6 Å². The fourth-order valence-electron chi connectivity index (χ4n) is 4.69. The summed E-state index contributed by atoms with van der Waals surface area (Å²) < 4.78 is 7.34. The zero-order valence-electron chi connectivity index (χ0n) is 20.4. The molecular formula is C24H35N7O3. The van der Waals surface area contributed by atoms with E-state index in [1.165, 1.54) is 0 Å². The van der Waals surface area contributed by atoms with Gasteiger partial charge in [0.05, 0.1) is 30.3 Å². The number of ether oxygens (including phenoxy) is 1. The molecule has 0 aliphatic carbocycles. The third-order valence-corrected chi connectivity index (χ3v) is 6.38. The molecular weight excluding hydrogens is 434 g/mol. The van der Waals surface area contributed by atoms with E-state index in [1.54, 1.807) is 7.11 Å². The Morgan fingerprint density at radius 1 is 1.26 bits per heavy atom. The minimum absolute atomic E-state index is 0.0443. The summed E-state index contributed by atoms with van der Waals surface area (Å²) in [5, 5.41) is 24.8. The van der Waals surface area contributed by atoms with E-state index in [9.17, 15) is 9.90 Å². The van der Waals surface area contributed by atoms with Crippen LogP contribution in [0.4, 0.5) is 5.82 Å². The van der Waals surface area contributed by atoms with Crippen molar-refractivity contribution in [1.82, 2.24) is 29.8 Å². The lowest BCUT2D eigenvalue weighted by molar-refractivity contribution is -0.127. The molecule has 3 heterocycles. The van der Waals surface area contributed by atoms with Crippen molar-refractivity contribution in [2.45, 2.75) is 52.2 Å². The first-order valence-corrected chi connectivity index (χ1v) is 12.0. The van der Waals surface area contributed by atoms with Gasteiger partial charge in [-0.25, -0.2) is 4.98 Å². The number of fused-ring (bicyclic) bond motifs is 3. The molecule has 1 aliphatic rings. The average molecular weight is 470 g/mol. The van der Waals surface area contributed by atoms with E-state index in [4.69, 9.17) is 9.72 Å². The van der Waals surface area contributed by atoms with Crippen LogP contribution in [0.5, 0.6) is 5.75 Å². The molecule has 1 saturated heterocycles. The molecule has 1 fully saturated rings. The monoisotopic (exact) mass is 469 g/mol.